The first-order chi connectivity index (χ1) is 3.93. The Hall–Kier alpha value is 1.62. The molecular weight excluding hydrogens is 239 g/mol. The quantitative estimate of drug-likeness (QED) is 0.432. The Morgan fingerprint density at radius 1 is 0.917 bits per heavy atom. The van der Waals surface area contributed by atoms with Gasteiger partial charge in [-0.1, -0.05) is 0 Å². The molecule has 0 aliphatic heterocycles. The molecule has 0 unspecified atom stereocenters. The van der Waals surface area contributed by atoms with Crippen molar-refractivity contribution in [2.45, 2.75) is 4.55 Å². The first-order valence-electron chi connectivity index (χ1n) is 2.76. The molecule has 0 atom stereocenters. The van der Waals surface area contributed by atoms with Gasteiger partial charge in [-0.3, -0.25) is 0 Å². The average Bonchev–Trinajstić information content (AvgIpc) is 1.90. The Kier molecular flexibility index (Phi) is 29.5. The third kappa shape index (κ3) is 9.71. The van der Waals surface area contributed by atoms with Crippen LogP contribution in [0.2, 0.25) is 0 Å². The van der Waals surface area contributed by atoms with E-state index in [0.717, 1.165) is 0 Å². The van der Waals surface area contributed by atoms with Crippen molar-refractivity contribution in [1.82, 2.24) is 0 Å². The molecule has 1 rings (SSSR count). The number of hydrogen-bond acceptors (Lipinski definition) is 0. The van der Waals surface area contributed by atoms with Gasteiger partial charge in [0.25, 0.3) is 0 Å². The molecule has 0 amide bonds. The fourth-order valence-corrected chi connectivity index (χ4v) is 0.978. The van der Waals surface area contributed by atoms with E-state index in [4.69, 9.17) is 0 Å². The van der Waals surface area contributed by atoms with Crippen LogP contribution in [0.5, 0.6) is 0 Å². The third-order valence-electron chi connectivity index (χ3n) is 1.13. The van der Waals surface area contributed by atoms with E-state index in [0.29, 0.717) is 0 Å². The van der Waals surface area contributed by atoms with Gasteiger partial charge < -0.3 is 37.2 Å². The summed E-state index contributed by atoms with van der Waals surface area (Å²) in [6, 6.07) is 10.5. The molecule has 5 heteroatoms. The van der Waals surface area contributed by atoms with Crippen molar-refractivity contribution in [3.8, 4) is 0 Å². The minimum absolute atomic E-state index is 0. The van der Waals surface area contributed by atoms with Gasteiger partial charge in [-0.2, -0.15) is 0 Å². The summed E-state index contributed by atoms with van der Waals surface area (Å²) >= 11 is 1.98. The minimum atomic E-state index is 0. The number of benzene rings is 1. The number of rotatable bonds is 1. The second-order valence-corrected chi connectivity index (χ2v) is 2.24. The Labute approximate surface area is 121 Å². The van der Waals surface area contributed by atoms with Gasteiger partial charge in [0.1, 0.15) is 0 Å². The number of halogens is 3. The standard InChI is InChI=1S/C7H7.3ClH.2Mg/c1-7-5-3-2-4-6-7;;;;;/h2-6H,1H2;3*1H;;/q;;;;+1;+2/p-3. The predicted octanol–water partition coefficient (Wildman–Crippen LogP) is -8.01. The summed E-state index contributed by atoms with van der Waals surface area (Å²) in [5.74, 6) is 0. The summed E-state index contributed by atoms with van der Waals surface area (Å²) in [7, 11) is 0. The SMILES string of the molecule is [Cl-].[Cl-].[Cl-].[Mg+2].[Mg+][CH2]c1ccccc1. The van der Waals surface area contributed by atoms with Crippen LogP contribution < -0.4 is 37.2 Å². The molecule has 0 aliphatic carbocycles. The zero-order valence-corrected chi connectivity index (χ0v) is 11.7. The van der Waals surface area contributed by atoms with E-state index in [-0.39, 0.29) is 60.3 Å². The van der Waals surface area contributed by atoms with Crippen molar-refractivity contribution >= 4 is 44.8 Å². The van der Waals surface area contributed by atoms with Gasteiger partial charge in [0.15, 0.2) is 0 Å². The fraction of sp³-hybridized carbons (Fsp3) is 0.143. The van der Waals surface area contributed by atoms with Crippen molar-refractivity contribution in [2.75, 3.05) is 0 Å². The first-order valence-corrected chi connectivity index (χ1v) is 3.76. The molecular formula is C7H7Cl3Mg2. The van der Waals surface area contributed by atoms with Crippen LogP contribution in [-0.4, -0.2) is 44.8 Å². The van der Waals surface area contributed by atoms with Crippen molar-refractivity contribution in [3.63, 3.8) is 0 Å². The van der Waals surface area contributed by atoms with Crippen molar-refractivity contribution in [2.24, 2.45) is 0 Å². The summed E-state index contributed by atoms with van der Waals surface area (Å²) < 4.78 is 1.17. The van der Waals surface area contributed by atoms with E-state index in [9.17, 15) is 0 Å². The molecule has 0 saturated carbocycles. The molecule has 12 heavy (non-hydrogen) atoms. The maximum absolute atomic E-state index is 2.15. The van der Waals surface area contributed by atoms with Gasteiger partial charge >= 0.3 is 85.2 Å². The molecule has 0 bridgehead atoms. The van der Waals surface area contributed by atoms with E-state index >= 15 is 0 Å². The summed E-state index contributed by atoms with van der Waals surface area (Å²) in [6.45, 7) is 0. The molecule has 0 spiro atoms. The van der Waals surface area contributed by atoms with E-state index in [1.807, 2.05) is 27.8 Å². The molecule has 0 aromatic heterocycles. The molecule has 0 nitrogen and oxygen atoms in total. The second-order valence-electron chi connectivity index (χ2n) is 1.74. The summed E-state index contributed by atoms with van der Waals surface area (Å²) in [5.41, 5.74) is 1.42. The average molecular weight is 246 g/mol. The van der Waals surface area contributed by atoms with Gasteiger partial charge in [0.05, 0.1) is 0 Å². The zero-order chi connectivity index (χ0) is 5.82. The topological polar surface area (TPSA) is 0 Å². The van der Waals surface area contributed by atoms with E-state index in [1.165, 1.54) is 10.1 Å². The summed E-state index contributed by atoms with van der Waals surface area (Å²) in [5, 5.41) is 0. The van der Waals surface area contributed by atoms with Crippen molar-refractivity contribution in [1.29, 1.82) is 0 Å². The molecule has 0 heterocycles. The molecule has 60 valence electrons. The van der Waals surface area contributed by atoms with E-state index in [2.05, 4.69) is 24.3 Å². The molecule has 0 N–H and O–H groups in total. The van der Waals surface area contributed by atoms with Crippen LogP contribution in [0.25, 0.3) is 0 Å². The van der Waals surface area contributed by atoms with Crippen LogP contribution in [0.15, 0.2) is 30.3 Å². The predicted molar refractivity (Wildman–Crippen MR) is 41.7 cm³/mol. The van der Waals surface area contributed by atoms with Crippen molar-refractivity contribution in [3.05, 3.63) is 35.9 Å². The first kappa shape index (κ1) is 23.4. The number of hydrogen-bond donors (Lipinski definition) is 0. The van der Waals surface area contributed by atoms with Gasteiger partial charge in [-0.15, -0.1) is 0 Å². The van der Waals surface area contributed by atoms with Gasteiger partial charge in [0, 0.05) is 0 Å². The Bertz CT molecular complexity index is 158. The molecule has 1 aromatic rings. The second kappa shape index (κ2) is 15.1. The van der Waals surface area contributed by atoms with Gasteiger partial charge in [-0.25, -0.2) is 0 Å². The Morgan fingerprint density at radius 2 is 1.33 bits per heavy atom. The zero-order valence-electron chi connectivity index (χ0n) is 6.64. The van der Waals surface area contributed by atoms with Crippen molar-refractivity contribution < 1.29 is 37.2 Å². The van der Waals surface area contributed by atoms with Gasteiger partial charge in [-0.05, 0) is 0 Å². The molecule has 0 fully saturated rings. The maximum atomic E-state index is 2.15. The van der Waals surface area contributed by atoms with Gasteiger partial charge in [0.2, 0.25) is 0 Å². The normalized spacial score (nSPS) is 6.17. The van der Waals surface area contributed by atoms with Crippen LogP contribution in [0.4, 0.5) is 0 Å². The van der Waals surface area contributed by atoms with Crippen LogP contribution in [0, 0.1) is 0 Å². The molecule has 0 aliphatic rings. The molecule has 1 aromatic carbocycles. The Balaban J connectivity index is -0.0000000800. The summed E-state index contributed by atoms with van der Waals surface area (Å²) in [6.07, 6.45) is 0. The third-order valence-corrected chi connectivity index (χ3v) is 1.71. The fourth-order valence-electron chi connectivity index (χ4n) is 0.645. The van der Waals surface area contributed by atoms with Crippen LogP contribution in [0.3, 0.4) is 0 Å². The van der Waals surface area contributed by atoms with Crippen LogP contribution in [-0.2, 0) is 4.55 Å². The van der Waals surface area contributed by atoms with E-state index < -0.39 is 0 Å². The van der Waals surface area contributed by atoms with E-state index in [1.54, 1.807) is 0 Å². The monoisotopic (exact) mass is 244 g/mol. The molecule has 0 radical (unpaired) electrons. The van der Waals surface area contributed by atoms with Crippen LogP contribution >= 0.6 is 0 Å². The summed E-state index contributed by atoms with van der Waals surface area (Å²) in [4.78, 5) is 0. The van der Waals surface area contributed by atoms with Crippen LogP contribution in [0.1, 0.15) is 5.56 Å². The Morgan fingerprint density at radius 3 is 1.58 bits per heavy atom. The molecule has 0 saturated heterocycles.